The second kappa shape index (κ2) is 8.56. The molecule has 3 aromatic rings. The van der Waals surface area contributed by atoms with E-state index in [1.54, 1.807) is 6.92 Å². The van der Waals surface area contributed by atoms with E-state index in [-0.39, 0.29) is 40.5 Å². The van der Waals surface area contributed by atoms with Crippen LogP contribution < -0.4 is 15.8 Å². The number of anilines is 1. The van der Waals surface area contributed by atoms with Gasteiger partial charge in [-0.05, 0) is 19.4 Å². The van der Waals surface area contributed by atoms with Crippen LogP contribution in [-0.4, -0.2) is 37.4 Å². The van der Waals surface area contributed by atoms with Crippen molar-refractivity contribution < 1.29 is 27.1 Å². The van der Waals surface area contributed by atoms with Gasteiger partial charge in [-0.2, -0.15) is 0 Å². The summed E-state index contributed by atoms with van der Waals surface area (Å²) in [6, 6.07) is 2.13. The van der Waals surface area contributed by atoms with Gasteiger partial charge in [0.1, 0.15) is 18.6 Å². The molecule has 0 unspecified atom stereocenters. The van der Waals surface area contributed by atoms with Crippen LogP contribution in [-0.2, 0) is 12.1 Å². The van der Waals surface area contributed by atoms with E-state index in [2.05, 4.69) is 25.3 Å². The minimum Gasteiger partial charge on any atom is -0.467 e. The summed E-state index contributed by atoms with van der Waals surface area (Å²) < 4.78 is 52.8. The molecular formula is C22H19F3N6O3S. The number of amides is 1. The fourth-order valence-electron chi connectivity index (χ4n) is 4.26. The number of benzene rings is 1. The second-order valence-electron chi connectivity index (χ2n) is 8.38. The van der Waals surface area contributed by atoms with Crippen LogP contribution in [0.25, 0.3) is 0 Å². The third-order valence-corrected chi connectivity index (χ3v) is 7.37. The Labute approximate surface area is 201 Å². The molecule has 35 heavy (non-hydrogen) atoms. The number of halogens is 3. The Hall–Kier alpha value is -3.61. The number of nitrogens with one attached hydrogen (secondary N) is 1. The van der Waals surface area contributed by atoms with Gasteiger partial charge in [0, 0.05) is 23.2 Å². The number of hydrogen-bond donors (Lipinski definition) is 2. The van der Waals surface area contributed by atoms with Crippen molar-refractivity contribution >= 4 is 28.5 Å². The van der Waals surface area contributed by atoms with Gasteiger partial charge in [0.05, 0.1) is 28.9 Å². The van der Waals surface area contributed by atoms with Gasteiger partial charge in [0.2, 0.25) is 11.8 Å². The second-order valence-corrected chi connectivity index (χ2v) is 9.82. The number of fused-ring (bicyclic) bond motifs is 1. The maximum atomic E-state index is 14.9. The summed E-state index contributed by atoms with van der Waals surface area (Å²) in [5, 5.41) is 2.59. The fraction of sp³-hybridized carbons (Fsp3) is 0.318. The number of oxazole rings is 1. The first kappa shape index (κ1) is 23.1. The van der Waals surface area contributed by atoms with Crippen LogP contribution >= 0.6 is 11.8 Å². The maximum Gasteiger partial charge on any atom is 0.275 e. The summed E-state index contributed by atoms with van der Waals surface area (Å²) >= 11 is 1.12. The average molecular weight is 504 g/mol. The summed E-state index contributed by atoms with van der Waals surface area (Å²) in [6.07, 6.45) is 5.70. The Morgan fingerprint density at radius 1 is 1.31 bits per heavy atom. The van der Waals surface area contributed by atoms with Crippen LogP contribution in [0.4, 0.5) is 18.9 Å². The Bertz CT molecular complexity index is 1310. The normalized spacial score (nSPS) is 24.9. The fourth-order valence-corrected chi connectivity index (χ4v) is 5.59. The van der Waals surface area contributed by atoms with Gasteiger partial charge in [-0.15, -0.1) is 0 Å². The standard InChI is InChI=1S/C22H19F3N6O3S/c1-21(15-6-22(15,10-23)35-20(26)31-21)12-4-11(5-13(24)18(12)25)30-19(32)14-7-29-16(8-28-14)34-9-17-27-2-3-33-17/h2-5,7-8,15H,6,9-10H2,1H3,(H2,26,31)(H,30,32)/t15-,21+,22+/m0/s1. The molecule has 1 amide bonds. The first-order valence-corrected chi connectivity index (χ1v) is 11.3. The zero-order valence-corrected chi connectivity index (χ0v) is 19.1. The van der Waals surface area contributed by atoms with Crippen molar-refractivity contribution in [2.45, 2.75) is 30.2 Å². The molecule has 0 spiro atoms. The number of thioether (sulfide) groups is 1. The molecule has 1 aliphatic carbocycles. The molecule has 3 heterocycles. The maximum absolute atomic E-state index is 14.9. The third kappa shape index (κ3) is 4.20. The molecule has 3 N–H and O–H groups in total. The predicted octanol–water partition coefficient (Wildman–Crippen LogP) is 3.58. The number of alkyl halides is 1. The van der Waals surface area contributed by atoms with Gasteiger partial charge in [0.15, 0.2) is 23.4 Å². The molecule has 2 aliphatic rings. The number of hydrogen-bond acceptors (Lipinski definition) is 9. The van der Waals surface area contributed by atoms with Gasteiger partial charge >= 0.3 is 0 Å². The van der Waals surface area contributed by atoms with Gasteiger partial charge in [-0.25, -0.2) is 28.1 Å². The highest BCUT2D eigenvalue weighted by Crippen LogP contribution is 2.66. The monoisotopic (exact) mass is 504 g/mol. The highest BCUT2D eigenvalue weighted by molar-refractivity contribution is 8.15. The molecular weight excluding hydrogens is 485 g/mol. The zero-order valence-electron chi connectivity index (χ0n) is 18.3. The molecule has 2 aromatic heterocycles. The number of nitrogens with two attached hydrogens (primary N) is 1. The van der Waals surface area contributed by atoms with E-state index >= 15 is 0 Å². The molecule has 13 heteroatoms. The van der Waals surface area contributed by atoms with Crippen molar-refractivity contribution in [2.24, 2.45) is 16.6 Å². The molecule has 1 saturated carbocycles. The van der Waals surface area contributed by atoms with Gasteiger partial charge < -0.3 is 20.2 Å². The molecule has 182 valence electrons. The highest BCUT2D eigenvalue weighted by atomic mass is 32.2. The number of carbonyl (C=O) groups is 1. The zero-order chi connectivity index (χ0) is 24.8. The van der Waals surface area contributed by atoms with Crippen LogP contribution in [0.15, 0.2) is 46.4 Å². The van der Waals surface area contributed by atoms with Crippen LogP contribution in [0.3, 0.4) is 0 Å². The number of carbonyl (C=O) groups excluding carboxylic acids is 1. The highest BCUT2D eigenvalue weighted by Gasteiger charge is 2.66. The average Bonchev–Trinajstić information content (AvgIpc) is 3.34. The van der Waals surface area contributed by atoms with Crippen molar-refractivity contribution in [1.82, 2.24) is 15.0 Å². The van der Waals surface area contributed by atoms with Gasteiger partial charge in [-0.3, -0.25) is 9.79 Å². The van der Waals surface area contributed by atoms with Crippen LogP contribution in [0.2, 0.25) is 0 Å². The third-order valence-electron chi connectivity index (χ3n) is 6.10. The number of ether oxygens (including phenoxy) is 1. The Balaban J connectivity index is 1.35. The summed E-state index contributed by atoms with van der Waals surface area (Å²) in [4.78, 5) is 28.9. The van der Waals surface area contributed by atoms with Crippen molar-refractivity contribution in [2.75, 3.05) is 12.0 Å². The van der Waals surface area contributed by atoms with Crippen molar-refractivity contribution in [3.8, 4) is 5.88 Å². The Morgan fingerprint density at radius 2 is 2.14 bits per heavy atom. The molecule has 1 fully saturated rings. The van der Waals surface area contributed by atoms with Crippen LogP contribution in [0.5, 0.6) is 5.88 Å². The van der Waals surface area contributed by atoms with Crippen molar-refractivity contribution in [3.05, 3.63) is 65.8 Å². The lowest BCUT2D eigenvalue weighted by molar-refractivity contribution is 0.102. The predicted molar refractivity (Wildman–Crippen MR) is 121 cm³/mol. The lowest BCUT2D eigenvalue weighted by Gasteiger charge is -2.33. The molecule has 3 atom stereocenters. The molecule has 0 bridgehead atoms. The Kier molecular flexibility index (Phi) is 5.66. The minimum atomic E-state index is -1.28. The Morgan fingerprint density at radius 3 is 2.83 bits per heavy atom. The smallest absolute Gasteiger partial charge is 0.275 e. The van der Waals surface area contributed by atoms with E-state index in [9.17, 15) is 18.0 Å². The first-order chi connectivity index (χ1) is 16.7. The minimum absolute atomic E-state index is 0.0189. The molecule has 0 radical (unpaired) electrons. The summed E-state index contributed by atoms with van der Waals surface area (Å²) in [7, 11) is 0. The number of aromatic nitrogens is 3. The largest absolute Gasteiger partial charge is 0.467 e. The van der Waals surface area contributed by atoms with Crippen molar-refractivity contribution in [3.63, 3.8) is 0 Å². The van der Waals surface area contributed by atoms with Crippen LogP contribution in [0, 0.1) is 17.6 Å². The molecule has 1 aliphatic heterocycles. The van der Waals surface area contributed by atoms with Crippen LogP contribution in [0.1, 0.15) is 35.3 Å². The number of nitrogens with zero attached hydrogens (tertiary/aromatic N) is 4. The van der Waals surface area contributed by atoms with E-state index in [0.29, 0.717) is 12.3 Å². The van der Waals surface area contributed by atoms with E-state index in [1.807, 2.05) is 0 Å². The summed E-state index contributed by atoms with van der Waals surface area (Å²) in [6.45, 7) is 0.957. The van der Waals surface area contributed by atoms with E-state index in [0.717, 1.165) is 17.8 Å². The SMILES string of the molecule is C[C@]1(c2cc(NC(=O)c3cnc(OCc4ncco4)cn3)cc(F)c2F)N=C(N)S[C@@]2(CF)C[C@H]21. The van der Waals surface area contributed by atoms with Gasteiger partial charge in [-0.1, -0.05) is 11.8 Å². The van der Waals surface area contributed by atoms with E-state index < -0.39 is 34.5 Å². The quantitative estimate of drug-likeness (QED) is 0.500. The lowest BCUT2D eigenvalue weighted by atomic mass is 9.85. The summed E-state index contributed by atoms with van der Waals surface area (Å²) in [5.41, 5.74) is 4.40. The number of amidine groups is 1. The van der Waals surface area contributed by atoms with Gasteiger partial charge in [0.25, 0.3) is 5.91 Å². The van der Waals surface area contributed by atoms with E-state index in [4.69, 9.17) is 14.9 Å². The first-order valence-electron chi connectivity index (χ1n) is 10.5. The van der Waals surface area contributed by atoms with Crippen molar-refractivity contribution in [1.29, 1.82) is 0 Å². The number of rotatable bonds is 7. The van der Waals surface area contributed by atoms with E-state index in [1.165, 1.54) is 30.9 Å². The number of aliphatic imine (C=N–C) groups is 1. The molecule has 0 saturated heterocycles. The topological polar surface area (TPSA) is 129 Å². The summed E-state index contributed by atoms with van der Waals surface area (Å²) in [5.74, 6) is -2.90. The molecule has 1 aromatic carbocycles. The molecule has 9 nitrogen and oxygen atoms in total. The molecule has 5 rings (SSSR count). The lowest BCUT2D eigenvalue weighted by Crippen LogP contribution is -2.37.